The van der Waals surface area contributed by atoms with E-state index in [-0.39, 0.29) is 0 Å². The van der Waals surface area contributed by atoms with Crippen LogP contribution >= 0.6 is 0 Å². The second-order valence-electron chi connectivity index (χ2n) is 4.20. The Balaban J connectivity index is 4.18. The first-order valence-corrected chi connectivity index (χ1v) is 7.04. The molecule has 0 aliphatic carbocycles. The molecule has 0 rings (SSSR count). The van der Waals surface area contributed by atoms with Crippen molar-refractivity contribution < 1.29 is 9.84 Å². The minimum absolute atomic E-state index is 0.491. The largest absolute Gasteiger partial charge is 0.356 e. The lowest BCUT2D eigenvalue weighted by molar-refractivity contribution is -0.116. The van der Waals surface area contributed by atoms with Crippen molar-refractivity contribution in [3.63, 3.8) is 0 Å². The van der Waals surface area contributed by atoms with Crippen molar-refractivity contribution in [2.24, 2.45) is 0 Å². The highest BCUT2D eigenvalue weighted by atomic mass is 16.6. The minimum atomic E-state index is -0.886. The zero-order valence-electron chi connectivity index (χ0n) is 12.7. The quantitative estimate of drug-likeness (QED) is 0.424. The smallest absolute Gasteiger partial charge is 0.213 e. The lowest BCUT2D eigenvalue weighted by atomic mass is 10.2. The first-order chi connectivity index (χ1) is 9.67. The van der Waals surface area contributed by atoms with Gasteiger partial charge in [-0.1, -0.05) is 50.5 Å². The molecule has 0 saturated heterocycles. The van der Waals surface area contributed by atoms with Gasteiger partial charge < -0.3 is 9.84 Å². The van der Waals surface area contributed by atoms with Crippen LogP contribution in [-0.4, -0.2) is 49.2 Å². The molecule has 1 unspecified atom stereocenters. The second kappa shape index (κ2) is 12.8. The fraction of sp³-hybridized carbons (Fsp3) is 0.500. The summed E-state index contributed by atoms with van der Waals surface area (Å²) in [6.45, 7) is 15.2. The third kappa shape index (κ3) is 9.69. The third-order valence-corrected chi connectivity index (χ3v) is 2.74. The van der Waals surface area contributed by atoms with Crippen molar-refractivity contribution >= 4 is 0 Å². The molecule has 0 radical (unpaired) electrons. The number of nitrogens with zero attached hydrogens (tertiary/aromatic N) is 1. The van der Waals surface area contributed by atoms with Crippen molar-refractivity contribution in [3.8, 4) is 0 Å². The molecular weight excluding hydrogens is 252 g/mol. The predicted molar refractivity (Wildman–Crippen MR) is 85.4 cm³/mol. The van der Waals surface area contributed by atoms with E-state index in [0.29, 0.717) is 13.2 Å². The molecule has 0 aliphatic rings. The number of likely N-dealkylation sites (N-methyl/N-ethyl adjacent to an activating group) is 1. The van der Waals surface area contributed by atoms with Crippen LogP contribution in [0.5, 0.6) is 0 Å². The van der Waals surface area contributed by atoms with Crippen molar-refractivity contribution in [1.29, 1.82) is 0 Å². The van der Waals surface area contributed by atoms with Crippen LogP contribution in [-0.2, 0) is 4.74 Å². The molecule has 0 aliphatic heterocycles. The van der Waals surface area contributed by atoms with E-state index in [1.807, 2.05) is 31.2 Å². The normalized spacial score (nSPS) is 13.9. The van der Waals surface area contributed by atoms with Crippen LogP contribution in [0.15, 0.2) is 49.1 Å². The number of aliphatic hydroxyl groups excluding tert-OH is 1. The monoisotopic (exact) mass is 280 g/mol. The maximum absolute atomic E-state index is 9.41. The average Bonchev–Trinajstić information content (AvgIpc) is 2.45. The molecule has 114 valence electrons. The fourth-order valence-corrected chi connectivity index (χ4v) is 1.61. The molecule has 0 aromatic carbocycles. The third-order valence-electron chi connectivity index (χ3n) is 2.74. The zero-order chi connectivity index (χ0) is 15.2. The highest BCUT2D eigenvalue weighted by Crippen LogP contribution is 2.01. The van der Waals surface area contributed by atoms with Gasteiger partial charge in [0.05, 0.1) is 0 Å². The summed E-state index contributed by atoms with van der Waals surface area (Å²) in [5.74, 6) is 0. The molecule has 20 heavy (non-hydrogen) atoms. The molecule has 0 saturated carbocycles. The van der Waals surface area contributed by atoms with Crippen LogP contribution in [0.2, 0.25) is 0 Å². The topological polar surface area (TPSA) is 44.7 Å². The Kier molecular flexibility index (Phi) is 12.0. The molecule has 0 fully saturated rings. The summed E-state index contributed by atoms with van der Waals surface area (Å²) in [6.07, 6.45) is 8.59. The van der Waals surface area contributed by atoms with Crippen LogP contribution in [0.3, 0.4) is 0 Å². The van der Waals surface area contributed by atoms with Gasteiger partial charge in [0.15, 0.2) is 0 Å². The standard InChI is InChI=1S/C16H28N2O2/c1-5-9-10-11-15(6-2)14-18(7-3)13-12-17-16(19)20-8-4/h5-6,9-11,16-17,19H,1-2,7-8,12-14H2,3-4H3/b10-9+,15-11+. The SMILES string of the molecule is C=C/C=C/C=C(\C=C)CN(CC)CCNC(O)OCC. The van der Waals surface area contributed by atoms with E-state index in [9.17, 15) is 5.11 Å². The Morgan fingerprint density at radius 3 is 2.65 bits per heavy atom. The molecule has 4 nitrogen and oxygen atoms in total. The maximum atomic E-state index is 9.41. The van der Waals surface area contributed by atoms with Gasteiger partial charge in [0.2, 0.25) is 6.41 Å². The van der Waals surface area contributed by atoms with Crippen LogP contribution in [0.25, 0.3) is 0 Å². The zero-order valence-corrected chi connectivity index (χ0v) is 12.7. The van der Waals surface area contributed by atoms with Gasteiger partial charge in [0.1, 0.15) is 0 Å². The van der Waals surface area contributed by atoms with E-state index >= 15 is 0 Å². The number of hydrogen-bond acceptors (Lipinski definition) is 4. The Morgan fingerprint density at radius 2 is 2.10 bits per heavy atom. The highest BCUT2D eigenvalue weighted by Gasteiger charge is 2.05. The summed E-state index contributed by atoms with van der Waals surface area (Å²) < 4.78 is 5.00. The molecule has 0 bridgehead atoms. The van der Waals surface area contributed by atoms with E-state index in [1.54, 1.807) is 6.08 Å². The molecule has 1 atom stereocenters. The first-order valence-electron chi connectivity index (χ1n) is 7.04. The lowest BCUT2D eigenvalue weighted by Crippen LogP contribution is -2.39. The summed E-state index contributed by atoms with van der Waals surface area (Å²) in [6, 6.07) is 0. The molecule has 2 N–H and O–H groups in total. The van der Waals surface area contributed by atoms with Gasteiger partial charge in [0, 0.05) is 26.2 Å². The second-order valence-corrected chi connectivity index (χ2v) is 4.20. The van der Waals surface area contributed by atoms with E-state index in [1.165, 1.54) is 0 Å². The number of hydrogen-bond donors (Lipinski definition) is 2. The maximum Gasteiger partial charge on any atom is 0.213 e. The molecule has 0 heterocycles. The molecule has 0 aromatic heterocycles. The summed E-state index contributed by atoms with van der Waals surface area (Å²) in [5.41, 5.74) is 1.15. The van der Waals surface area contributed by atoms with E-state index in [4.69, 9.17) is 4.74 Å². The first kappa shape index (κ1) is 18.8. The fourth-order valence-electron chi connectivity index (χ4n) is 1.61. The van der Waals surface area contributed by atoms with Crippen LogP contribution < -0.4 is 5.32 Å². The summed E-state index contributed by atoms with van der Waals surface area (Å²) in [5, 5.41) is 12.3. The van der Waals surface area contributed by atoms with Gasteiger partial charge in [0.25, 0.3) is 0 Å². The molecule has 4 heteroatoms. The van der Waals surface area contributed by atoms with Crippen molar-refractivity contribution in [3.05, 3.63) is 49.1 Å². The Hall–Kier alpha value is -1.20. The van der Waals surface area contributed by atoms with Crippen molar-refractivity contribution in [1.82, 2.24) is 10.2 Å². The van der Waals surface area contributed by atoms with E-state index < -0.39 is 6.41 Å². The Labute approximate surface area is 123 Å². The van der Waals surface area contributed by atoms with Crippen molar-refractivity contribution in [2.45, 2.75) is 20.3 Å². The summed E-state index contributed by atoms with van der Waals surface area (Å²) in [4.78, 5) is 2.26. The van der Waals surface area contributed by atoms with Crippen molar-refractivity contribution in [2.75, 3.05) is 32.8 Å². The van der Waals surface area contributed by atoms with Gasteiger partial charge in [-0.25, -0.2) is 0 Å². The van der Waals surface area contributed by atoms with Gasteiger partial charge in [-0.15, -0.1) is 0 Å². The van der Waals surface area contributed by atoms with Gasteiger partial charge >= 0.3 is 0 Å². The summed E-state index contributed by atoms with van der Waals surface area (Å²) in [7, 11) is 0. The Morgan fingerprint density at radius 1 is 1.35 bits per heavy atom. The molecule has 0 amide bonds. The van der Waals surface area contributed by atoms with Crippen LogP contribution in [0.1, 0.15) is 13.8 Å². The number of ether oxygens (including phenoxy) is 1. The predicted octanol–water partition coefficient (Wildman–Crippen LogP) is 2.06. The van der Waals surface area contributed by atoms with Gasteiger partial charge in [-0.2, -0.15) is 0 Å². The average molecular weight is 280 g/mol. The number of rotatable bonds is 12. The molecule has 0 aromatic rings. The van der Waals surface area contributed by atoms with E-state index in [0.717, 1.165) is 25.2 Å². The van der Waals surface area contributed by atoms with Gasteiger partial charge in [-0.05, 0) is 19.0 Å². The lowest BCUT2D eigenvalue weighted by Gasteiger charge is -2.22. The van der Waals surface area contributed by atoms with E-state index in [2.05, 4.69) is 30.3 Å². The number of allylic oxidation sites excluding steroid dienone is 4. The molecular formula is C16H28N2O2. The molecule has 0 spiro atoms. The highest BCUT2D eigenvalue weighted by molar-refractivity contribution is 5.24. The van der Waals surface area contributed by atoms with Gasteiger partial charge in [-0.3, -0.25) is 10.2 Å². The Bertz CT molecular complexity index is 324. The number of nitrogens with one attached hydrogen (secondary N) is 1. The van der Waals surface area contributed by atoms with Crippen LogP contribution in [0, 0.1) is 0 Å². The number of aliphatic hydroxyl groups is 1. The van der Waals surface area contributed by atoms with Crippen LogP contribution in [0.4, 0.5) is 0 Å². The minimum Gasteiger partial charge on any atom is -0.356 e. The summed E-state index contributed by atoms with van der Waals surface area (Å²) >= 11 is 0.